The highest BCUT2D eigenvalue weighted by atomic mass is 16.5. The second-order valence-corrected chi connectivity index (χ2v) is 4.75. The minimum Gasteiger partial charge on any atom is -0.480 e. The lowest BCUT2D eigenvalue weighted by atomic mass is 10.1. The van der Waals surface area contributed by atoms with Crippen LogP contribution in [0, 0.1) is 6.92 Å². The molecule has 0 aliphatic rings. The molecule has 2 aromatic rings. The van der Waals surface area contributed by atoms with Crippen LogP contribution in [0.25, 0.3) is 0 Å². The highest BCUT2D eigenvalue weighted by Crippen LogP contribution is 2.05. The number of hydrogen-bond donors (Lipinski definition) is 2. The predicted molar refractivity (Wildman–Crippen MR) is 74.7 cm³/mol. The van der Waals surface area contributed by atoms with Gasteiger partial charge in [0, 0.05) is 12.5 Å². The van der Waals surface area contributed by atoms with E-state index in [-0.39, 0.29) is 12.8 Å². The van der Waals surface area contributed by atoms with Crippen molar-refractivity contribution in [3.63, 3.8) is 0 Å². The van der Waals surface area contributed by atoms with E-state index in [0.717, 1.165) is 5.56 Å². The van der Waals surface area contributed by atoms with Gasteiger partial charge in [0.15, 0.2) is 0 Å². The Morgan fingerprint density at radius 2 is 2.05 bits per heavy atom. The molecule has 0 aliphatic carbocycles. The van der Waals surface area contributed by atoms with Gasteiger partial charge < -0.3 is 14.9 Å². The molecular weight excluding hydrogens is 272 g/mol. The van der Waals surface area contributed by atoms with Crippen LogP contribution in [0.5, 0.6) is 0 Å². The summed E-state index contributed by atoms with van der Waals surface area (Å²) >= 11 is 0. The summed E-state index contributed by atoms with van der Waals surface area (Å²) in [5.74, 6) is -0.855. The number of aliphatic carboxylic acids is 1. The van der Waals surface area contributed by atoms with Crippen LogP contribution in [-0.4, -0.2) is 28.2 Å². The average Bonchev–Trinajstić information content (AvgIpc) is 2.84. The van der Waals surface area contributed by atoms with Gasteiger partial charge in [0.1, 0.15) is 11.8 Å². The van der Waals surface area contributed by atoms with Crippen LogP contribution in [0.2, 0.25) is 0 Å². The van der Waals surface area contributed by atoms with Crippen molar-refractivity contribution in [2.45, 2.75) is 25.8 Å². The van der Waals surface area contributed by atoms with E-state index >= 15 is 0 Å². The van der Waals surface area contributed by atoms with Gasteiger partial charge >= 0.3 is 5.97 Å². The predicted octanol–water partition coefficient (Wildman–Crippen LogP) is 1.34. The molecule has 2 N–H and O–H groups in total. The highest BCUT2D eigenvalue weighted by Gasteiger charge is 2.21. The van der Waals surface area contributed by atoms with Crippen molar-refractivity contribution in [3.05, 3.63) is 53.4 Å². The monoisotopic (exact) mass is 288 g/mol. The first-order valence-electron chi connectivity index (χ1n) is 6.53. The van der Waals surface area contributed by atoms with E-state index in [0.29, 0.717) is 11.5 Å². The molecule has 0 aliphatic heterocycles. The molecule has 1 aromatic carbocycles. The van der Waals surface area contributed by atoms with Crippen molar-refractivity contribution in [2.75, 3.05) is 0 Å². The Kier molecular flexibility index (Phi) is 4.71. The van der Waals surface area contributed by atoms with Crippen LogP contribution in [0.4, 0.5) is 0 Å². The van der Waals surface area contributed by atoms with Crippen molar-refractivity contribution in [3.8, 4) is 0 Å². The molecule has 0 unspecified atom stereocenters. The van der Waals surface area contributed by atoms with E-state index in [4.69, 9.17) is 4.52 Å². The molecule has 0 saturated carbocycles. The summed E-state index contributed by atoms with van der Waals surface area (Å²) < 4.78 is 4.87. The van der Waals surface area contributed by atoms with Crippen LogP contribution < -0.4 is 5.32 Å². The molecule has 0 spiro atoms. The second-order valence-electron chi connectivity index (χ2n) is 4.75. The molecule has 0 fully saturated rings. The average molecular weight is 288 g/mol. The molecular formula is C15H16N2O4. The summed E-state index contributed by atoms with van der Waals surface area (Å²) in [5.41, 5.74) is 1.33. The molecule has 21 heavy (non-hydrogen) atoms. The first-order valence-corrected chi connectivity index (χ1v) is 6.53. The number of nitrogens with one attached hydrogen (secondary N) is 1. The van der Waals surface area contributed by atoms with Gasteiger partial charge in [0.25, 0.3) is 0 Å². The Morgan fingerprint density at radius 3 is 2.62 bits per heavy atom. The minimum atomic E-state index is -1.07. The Balaban J connectivity index is 1.96. The molecule has 6 heteroatoms. The normalized spacial score (nSPS) is 11.9. The van der Waals surface area contributed by atoms with Gasteiger partial charge in [-0.05, 0) is 12.5 Å². The molecule has 0 radical (unpaired) electrons. The molecule has 1 aromatic heterocycles. The number of carboxylic acid groups (broad SMARTS) is 1. The molecule has 110 valence electrons. The molecule has 6 nitrogen and oxygen atoms in total. The van der Waals surface area contributed by atoms with Crippen molar-refractivity contribution < 1.29 is 19.2 Å². The topological polar surface area (TPSA) is 92.4 Å². The number of amides is 1. The molecule has 2 rings (SSSR count). The fourth-order valence-electron chi connectivity index (χ4n) is 1.96. The number of rotatable bonds is 6. The Labute approximate surface area is 121 Å². The summed E-state index contributed by atoms with van der Waals surface area (Å²) in [5, 5.41) is 15.4. The number of aryl methyl sites for hydroxylation is 1. The van der Waals surface area contributed by atoms with E-state index in [9.17, 15) is 14.7 Å². The maximum atomic E-state index is 11.9. The summed E-state index contributed by atoms with van der Waals surface area (Å²) in [4.78, 5) is 23.1. The maximum Gasteiger partial charge on any atom is 0.326 e. The molecule has 1 heterocycles. The second kappa shape index (κ2) is 6.69. The fourth-order valence-corrected chi connectivity index (χ4v) is 1.96. The van der Waals surface area contributed by atoms with Gasteiger partial charge in [-0.1, -0.05) is 35.5 Å². The van der Waals surface area contributed by atoms with Gasteiger partial charge in [0.05, 0.1) is 12.1 Å². The molecule has 0 saturated heterocycles. The van der Waals surface area contributed by atoms with Crippen LogP contribution in [-0.2, 0) is 22.4 Å². The summed E-state index contributed by atoms with van der Waals surface area (Å²) in [6, 6.07) is 9.83. The number of aromatic nitrogens is 1. The van der Waals surface area contributed by atoms with Gasteiger partial charge in [-0.3, -0.25) is 4.79 Å². The zero-order valence-electron chi connectivity index (χ0n) is 11.6. The third kappa shape index (κ3) is 4.45. The van der Waals surface area contributed by atoms with Crippen LogP contribution in [0.15, 0.2) is 40.9 Å². The van der Waals surface area contributed by atoms with Crippen molar-refractivity contribution in [2.24, 2.45) is 0 Å². The van der Waals surface area contributed by atoms with Gasteiger partial charge in [-0.2, -0.15) is 0 Å². The smallest absolute Gasteiger partial charge is 0.326 e. The fraction of sp³-hybridized carbons (Fsp3) is 0.267. The van der Waals surface area contributed by atoms with Crippen LogP contribution in [0.3, 0.4) is 0 Å². The van der Waals surface area contributed by atoms with E-state index in [2.05, 4.69) is 10.5 Å². The first kappa shape index (κ1) is 14.8. The summed E-state index contributed by atoms with van der Waals surface area (Å²) in [7, 11) is 0. The maximum absolute atomic E-state index is 11.9. The van der Waals surface area contributed by atoms with Crippen LogP contribution >= 0.6 is 0 Å². The Morgan fingerprint density at radius 1 is 1.33 bits per heavy atom. The van der Waals surface area contributed by atoms with Crippen LogP contribution in [0.1, 0.15) is 17.0 Å². The highest BCUT2D eigenvalue weighted by molar-refractivity contribution is 5.84. The SMILES string of the molecule is Cc1cc(CC(=O)N[C@@H](Cc2ccccc2)C(=O)O)no1. The number of nitrogens with zero attached hydrogens (tertiary/aromatic N) is 1. The number of hydrogen-bond acceptors (Lipinski definition) is 4. The molecule has 0 bridgehead atoms. The first-order chi connectivity index (χ1) is 10.0. The number of carboxylic acids is 1. The quantitative estimate of drug-likeness (QED) is 0.836. The summed E-state index contributed by atoms with van der Waals surface area (Å²) in [6.45, 7) is 1.73. The zero-order valence-corrected chi connectivity index (χ0v) is 11.6. The Hall–Kier alpha value is -2.63. The number of benzene rings is 1. The van der Waals surface area contributed by atoms with Gasteiger partial charge in [0.2, 0.25) is 5.91 Å². The minimum absolute atomic E-state index is 0.00406. The number of carbonyl (C=O) groups excluding carboxylic acids is 1. The van der Waals surface area contributed by atoms with E-state index < -0.39 is 17.9 Å². The van der Waals surface area contributed by atoms with Crippen molar-refractivity contribution in [1.29, 1.82) is 0 Å². The Bertz CT molecular complexity index is 622. The van der Waals surface area contributed by atoms with Crippen molar-refractivity contribution in [1.82, 2.24) is 10.5 Å². The third-order valence-electron chi connectivity index (χ3n) is 2.93. The molecule has 1 atom stereocenters. The lowest BCUT2D eigenvalue weighted by Crippen LogP contribution is -2.43. The largest absolute Gasteiger partial charge is 0.480 e. The third-order valence-corrected chi connectivity index (χ3v) is 2.93. The molecule has 1 amide bonds. The summed E-state index contributed by atoms with van der Waals surface area (Å²) in [6.07, 6.45) is 0.232. The lowest BCUT2D eigenvalue weighted by molar-refractivity contribution is -0.141. The van der Waals surface area contributed by atoms with Gasteiger partial charge in [-0.25, -0.2) is 4.79 Å². The zero-order chi connectivity index (χ0) is 15.2. The standard InChI is InChI=1S/C15H16N2O4/c1-10-7-12(17-21-10)9-14(18)16-13(15(19)20)8-11-5-3-2-4-6-11/h2-7,13H,8-9H2,1H3,(H,16,18)(H,19,20)/t13-/m0/s1. The van der Waals surface area contributed by atoms with Gasteiger partial charge in [-0.15, -0.1) is 0 Å². The van der Waals surface area contributed by atoms with E-state index in [1.54, 1.807) is 13.0 Å². The lowest BCUT2D eigenvalue weighted by Gasteiger charge is -2.14. The van der Waals surface area contributed by atoms with Crippen molar-refractivity contribution >= 4 is 11.9 Å². The van der Waals surface area contributed by atoms with E-state index in [1.165, 1.54) is 0 Å². The van der Waals surface area contributed by atoms with E-state index in [1.807, 2.05) is 30.3 Å². The number of carbonyl (C=O) groups is 2.